The number of aliphatic hydroxyl groups excluding tert-OH is 3. The van der Waals surface area contributed by atoms with Crippen LogP contribution in [0.4, 0.5) is 0 Å². The van der Waals surface area contributed by atoms with Gasteiger partial charge < -0.3 is 25.0 Å². The SMILES string of the molecule is N#Cc1nn(C2O[C@H](CO)[C@@H](O)[C@H]2O)c2nc[nH]c(=O)c12. The van der Waals surface area contributed by atoms with Gasteiger partial charge in [-0.1, -0.05) is 0 Å². The summed E-state index contributed by atoms with van der Waals surface area (Å²) in [6.07, 6.45) is -3.71. The third-order valence-corrected chi connectivity index (χ3v) is 3.36. The van der Waals surface area contributed by atoms with Gasteiger partial charge in [-0.25, -0.2) is 9.67 Å². The van der Waals surface area contributed by atoms with Gasteiger partial charge in [-0.05, 0) is 0 Å². The van der Waals surface area contributed by atoms with Gasteiger partial charge in [-0.2, -0.15) is 10.4 Å². The summed E-state index contributed by atoms with van der Waals surface area (Å²) in [5.41, 5.74) is -0.670. The Bertz CT molecular complexity index is 777. The van der Waals surface area contributed by atoms with Crippen LogP contribution in [0.15, 0.2) is 11.1 Å². The summed E-state index contributed by atoms with van der Waals surface area (Å²) in [5, 5.41) is 41.7. The molecular weight excluding hydrogens is 282 g/mol. The fourth-order valence-electron chi connectivity index (χ4n) is 2.32. The molecule has 3 heterocycles. The predicted octanol–water partition coefficient (Wildman–Crippen LogP) is -2.40. The minimum atomic E-state index is -1.38. The largest absolute Gasteiger partial charge is 0.394 e. The van der Waals surface area contributed by atoms with E-state index in [1.807, 2.05) is 0 Å². The molecule has 1 saturated heterocycles. The Kier molecular flexibility index (Phi) is 3.19. The Morgan fingerprint density at radius 3 is 2.86 bits per heavy atom. The Hall–Kier alpha value is -2.32. The van der Waals surface area contributed by atoms with Crippen LogP contribution in [0.3, 0.4) is 0 Å². The summed E-state index contributed by atoms with van der Waals surface area (Å²) in [5.74, 6) is 0. The van der Waals surface area contributed by atoms with Gasteiger partial charge in [0.2, 0.25) is 0 Å². The Morgan fingerprint density at radius 2 is 2.24 bits per heavy atom. The molecule has 4 atom stereocenters. The van der Waals surface area contributed by atoms with Crippen molar-refractivity contribution in [3.05, 3.63) is 22.4 Å². The zero-order valence-corrected chi connectivity index (χ0v) is 10.5. The minimum Gasteiger partial charge on any atom is -0.394 e. The molecule has 0 bridgehead atoms. The fraction of sp³-hybridized carbons (Fsp3) is 0.455. The van der Waals surface area contributed by atoms with Gasteiger partial charge in [0.05, 0.1) is 12.9 Å². The molecule has 0 radical (unpaired) electrons. The molecule has 0 saturated carbocycles. The summed E-state index contributed by atoms with van der Waals surface area (Å²) in [4.78, 5) is 18.0. The van der Waals surface area contributed by atoms with Crippen molar-refractivity contribution in [2.45, 2.75) is 24.5 Å². The molecule has 3 rings (SSSR count). The number of hydrogen-bond acceptors (Lipinski definition) is 8. The molecule has 10 nitrogen and oxygen atoms in total. The van der Waals surface area contributed by atoms with E-state index in [1.165, 1.54) is 0 Å². The van der Waals surface area contributed by atoms with Gasteiger partial charge in [-0.15, -0.1) is 0 Å². The molecule has 21 heavy (non-hydrogen) atoms. The van der Waals surface area contributed by atoms with Crippen molar-refractivity contribution in [3.8, 4) is 6.07 Å². The molecule has 0 aromatic carbocycles. The smallest absolute Gasteiger partial charge is 0.263 e. The number of ether oxygens (including phenoxy) is 1. The van der Waals surface area contributed by atoms with Crippen molar-refractivity contribution >= 4 is 11.0 Å². The first-order chi connectivity index (χ1) is 10.1. The Balaban J connectivity index is 2.17. The molecule has 1 fully saturated rings. The third kappa shape index (κ3) is 1.91. The lowest BCUT2D eigenvalue weighted by Crippen LogP contribution is -2.33. The van der Waals surface area contributed by atoms with E-state index in [-0.39, 0.29) is 16.7 Å². The van der Waals surface area contributed by atoms with Gasteiger partial charge in [0.25, 0.3) is 5.56 Å². The molecule has 1 aliphatic heterocycles. The first kappa shape index (κ1) is 13.7. The molecule has 0 spiro atoms. The number of aromatic amines is 1. The van der Waals surface area contributed by atoms with E-state index in [1.54, 1.807) is 6.07 Å². The van der Waals surface area contributed by atoms with E-state index in [4.69, 9.17) is 15.1 Å². The molecule has 1 unspecified atom stereocenters. The van der Waals surface area contributed by atoms with Crippen LogP contribution in [-0.2, 0) is 4.74 Å². The number of hydrogen-bond donors (Lipinski definition) is 4. The highest BCUT2D eigenvalue weighted by Crippen LogP contribution is 2.30. The summed E-state index contributed by atoms with van der Waals surface area (Å²) in [7, 11) is 0. The lowest BCUT2D eigenvalue weighted by molar-refractivity contribution is -0.0567. The van der Waals surface area contributed by atoms with Crippen LogP contribution in [-0.4, -0.2) is 60.0 Å². The van der Waals surface area contributed by atoms with E-state index < -0.39 is 36.7 Å². The maximum atomic E-state index is 11.8. The highest BCUT2D eigenvalue weighted by atomic mass is 16.6. The van der Waals surface area contributed by atoms with E-state index in [0.29, 0.717) is 0 Å². The van der Waals surface area contributed by atoms with Crippen LogP contribution in [0, 0.1) is 11.3 Å². The number of H-pyrrole nitrogens is 1. The zero-order valence-electron chi connectivity index (χ0n) is 10.5. The monoisotopic (exact) mass is 293 g/mol. The van der Waals surface area contributed by atoms with Gasteiger partial charge in [0.1, 0.15) is 29.8 Å². The number of nitrogens with one attached hydrogen (secondary N) is 1. The predicted molar refractivity (Wildman–Crippen MR) is 65.9 cm³/mol. The van der Waals surface area contributed by atoms with Crippen molar-refractivity contribution in [2.24, 2.45) is 0 Å². The summed E-state index contributed by atoms with van der Waals surface area (Å²) in [6.45, 7) is -0.493. The molecule has 1 aliphatic rings. The third-order valence-electron chi connectivity index (χ3n) is 3.36. The van der Waals surface area contributed by atoms with Crippen LogP contribution < -0.4 is 5.56 Å². The van der Waals surface area contributed by atoms with Crippen LogP contribution >= 0.6 is 0 Å². The van der Waals surface area contributed by atoms with Gasteiger partial charge >= 0.3 is 0 Å². The molecule has 10 heteroatoms. The Labute approximate surface area is 116 Å². The number of aliphatic hydroxyl groups is 3. The van der Waals surface area contributed by atoms with Crippen molar-refractivity contribution in [1.29, 1.82) is 5.26 Å². The van der Waals surface area contributed by atoms with E-state index in [0.717, 1.165) is 11.0 Å². The topological polar surface area (TPSA) is 157 Å². The highest BCUT2D eigenvalue weighted by Gasteiger charge is 2.44. The molecule has 0 aliphatic carbocycles. The number of rotatable bonds is 2. The van der Waals surface area contributed by atoms with Crippen LogP contribution in [0.1, 0.15) is 11.9 Å². The summed E-state index contributed by atoms with van der Waals surface area (Å²) >= 11 is 0. The lowest BCUT2D eigenvalue weighted by atomic mass is 10.1. The lowest BCUT2D eigenvalue weighted by Gasteiger charge is -2.15. The van der Waals surface area contributed by atoms with Crippen LogP contribution in [0.25, 0.3) is 11.0 Å². The van der Waals surface area contributed by atoms with Gasteiger partial charge in [-0.3, -0.25) is 4.79 Å². The number of nitriles is 1. The summed E-state index contributed by atoms with van der Waals surface area (Å²) < 4.78 is 6.38. The summed E-state index contributed by atoms with van der Waals surface area (Å²) in [6, 6.07) is 1.76. The molecule has 2 aromatic heterocycles. The maximum absolute atomic E-state index is 11.8. The van der Waals surface area contributed by atoms with E-state index >= 15 is 0 Å². The minimum absolute atomic E-state index is 0.0299. The molecule has 110 valence electrons. The van der Waals surface area contributed by atoms with Crippen molar-refractivity contribution < 1.29 is 20.1 Å². The average molecular weight is 293 g/mol. The van der Waals surface area contributed by atoms with E-state index in [2.05, 4.69) is 15.1 Å². The number of nitrogens with zero attached hydrogens (tertiary/aromatic N) is 4. The molecule has 4 N–H and O–H groups in total. The van der Waals surface area contributed by atoms with Crippen LogP contribution in [0.5, 0.6) is 0 Å². The number of aromatic nitrogens is 4. The maximum Gasteiger partial charge on any atom is 0.263 e. The standard InChI is InChI=1S/C11H11N5O5/c12-1-4-6-9(13-3-14-10(6)20)16(15-4)11-8(19)7(18)5(2-17)21-11/h3,5,7-8,11,17-19H,2H2,(H,13,14,20)/t5-,7-,8-,11?/m1/s1. The average Bonchev–Trinajstić information content (AvgIpc) is 2.99. The van der Waals surface area contributed by atoms with Gasteiger partial charge in [0, 0.05) is 0 Å². The van der Waals surface area contributed by atoms with Crippen molar-refractivity contribution in [1.82, 2.24) is 19.7 Å². The van der Waals surface area contributed by atoms with Crippen LogP contribution in [0.2, 0.25) is 0 Å². The van der Waals surface area contributed by atoms with Crippen molar-refractivity contribution in [2.75, 3.05) is 6.61 Å². The highest BCUT2D eigenvalue weighted by molar-refractivity contribution is 5.79. The second-order valence-corrected chi connectivity index (χ2v) is 4.56. The first-order valence-electron chi connectivity index (χ1n) is 6.07. The number of fused-ring (bicyclic) bond motifs is 1. The van der Waals surface area contributed by atoms with Gasteiger partial charge in [0.15, 0.2) is 17.6 Å². The quantitative estimate of drug-likeness (QED) is 0.477. The fourth-order valence-corrected chi connectivity index (χ4v) is 2.32. The second kappa shape index (κ2) is 4.90. The Morgan fingerprint density at radius 1 is 1.48 bits per heavy atom. The molecule has 0 amide bonds. The molecule has 2 aromatic rings. The first-order valence-corrected chi connectivity index (χ1v) is 6.07. The van der Waals surface area contributed by atoms with E-state index in [9.17, 15) is 15.0 Å². The normalized spacial score (nSPS) is 28.9. The second-order valence-electron chi connectivity index (χ2n) is 4.56. The molecular formula is C11H11N5O5. The van der Waals surface area contributed by atoms with Crippen molar-refractivity contribution in [3.63, 3.8) is 0 Å². The zero-order chi connectivity index (χ0) is 15.1.